The lowest BCUT2D eigenvalue weighted by Gasteiger charge is -2.16. The van der Waals surface area contributed by atoms with Crippen molar-refractivity contribution in [1.82, 2.24) is 15.1 Å². The maximum atomic E-state index is 5.57. The van der Waals surface area contributed by atoms with Crippen molar-refractivity contribution in [2.45, 2.75) is 32.4 Å². The second-order valence-electron chi connectivity index (χ2n) is 5.22. The third-order valence-corrected chi connectivity index (χ3v) is 3.77. The van der Waals surface area contributed by atoms with Crippen molar-refractivity contribution in [3.05, 3.63) is 47.3 Å². The molecule has 4 heteroatoms. The minimum absolute atomic E-state index is 0.187. The first-order valence-electron chi connectivity index (χ1n) is 7.27. The van der Waals surface area contributed by atoms with Crippen LogP contribution in [0.5, 0.6) is 5.75 Å². The molecule has 2 aromatic rings. The van der Waals surface area contributed by atoms with Crippen molar-refractivity contribution in [3.8, 4) is 5.75 Å². The largest absolute Gasteiger partial charge is 0.493 e. The second-order valence-corrected chi connectivity index (χ2v) is 5.22. The molecule has 4 nitrogen and oxygen atoms in total. The Balaban J connectivity index is 1.88. The summed E-state index contributed by atoms with van der Waals surface area (Å²) in [5, 5.41) is 7.81. The predicted molar refractivity (Wildman–Crippen MR) is 79.1 cm³/mol. The predicted octanol–water partition coefficient (Wildman–Crippen LogP) is 2.54. The molecule has 106 valence electrons. The lowest BCUT2D eigenvalue weighted by Crippen LogP contribution is -2.17. The smallest absolute Gasteiger partial charge is 0.122 e. The molecule has 2 heterocycles. The van der Waals surface area contributed by atoms with Gasteiger partial charge in [0.2, 0.25) is 0 Å². The molecule has 0 bridgehead atoms. The number of nitrogens with one attached hydrogen (secondary N) is 1. The average molecular weight is 271 g/mol. The lowest BCUT2D eigenvalue weighted by molar-refractivity contribution is 0.357. The van der Waals surface area contributed by atoms with Crippen LogP contribution in [-0.4, -0.2) is 23.4 Å². The van der Waals surface area contributed by atoms with Crippen molar-refractivity contribution < 1.29 is 4.74 Å². The molecule has 3 rings (SSSR count). The monoisotopic (exact) mass is 271 g/mol. The highest BCUT2D eigenvalue weighted by Crippen LogP contribution is 2.30. The van der Waals surface area contributed by atoms with E-state index in [1.54, 1.807) is 0 Å². The first-order chi connectivity index (χ1) is 9.81. The van der Waals surface area contributed by atoms with E-state index in [0.717, 1.165) is 31.7 Å². The van der Waals surface area contributed by atoms with E-state index in [2.05, 4.69) is 41.7 Å². The molecule has 0 aliphatic carbocycles. The molecule has 1 unspecified atom stereocenters. The molecular formula is C16H21N3O. The fraction of sp³-hybridized carbons (Fsp3) is 0.438. The van der Waals surface area contributed by atoms with Crippen molar-refractivity contribution in [1.29, 1.82) is 0 Å². The van der Waals surface area contributed by atoms with Gasteiger partial charge in [0.05, 0.1) is 18.8 Å². The molecule has 0 saturated carbocycles. The van der Waals surface area contributed by atoms with Crippen LogP contribution in [0.1, 0.15) is 36.1 Å². The van der Waals surface area contributed by atoms with Gasteiger partial charge in [-0.3, -0.25) is 4.68 Å². The van der Waals surface area contributed by atoms with Crippen LogP contribution in [0.3, 0.4) is 0 Å². The Labute approximate surface area is 119 Å². The third kappa shape index (κ3) is 2.43. The number of hydrogen-bond acceptors (Lipinski definition) is 3. The zero-order valence-electron chi connectivity index (χ0n) is 12.1. The van der Waals surface area contributed by atoms with Gasteiger partial charge >= 0.3 is 0 Å². The summed E-state index contributed by atoms with van der Waals surface area (Å²) in [7, 11) is 1.99. The molecule has 1 aromatic carbocycles. The van der Waals surface area contributed by atoms with Crippen molar-refractivity contribution in [2.24, 2.45) is 0 Å². The van der Waals surface area contributed by atoms with E-state index in [-0.39, 0.29) is 6.04 Å². The first-order valence-corrected chi connectivity index (χ1v) is 7.27. The summed E-state index contributed by atoms with van der Waals surface area (Å²) < 4.78 is 7.58. The average Bonchev–Trinajstić information content (AvgIpc) is 3.09. The highest BCUT2D eigenvalue weighted by molar-refractivity contribution is 5.42. The third-order valence-electron chi connectivity index (χ3n) is 3.77. The topological polar surface area (TPSA) is 39.1 Å². The Hall–Kier alpha value is -1.81. The van der Waals surface area contributed by atoms with Crippen molar-refractivity contribution in [2.75, 3.05) is 13.7 Å². The SMILES string of the molecule is CCCn1cc(C(NC)c2ccc3c(c2)CCO3)cn1. The van der Waals surface area contributed by atoms with Crippen LogP contribution in [0.2, 0.25) is 0 Å². The van der Waals surface area contributed by atoms with Gasteiger partial charge in [0, 0.05) is 24.7 Å². The van der Waals surface area contributed by atoms with E-state index in [9.17, 15) is 0 Å². The zero-order chi connectivity index (χ0) is 13.9. The van der Waals surface area contributed by atoms with Gasteiger partial charge in [0.15, 0.2) is 0 Å². The summed E-state index contributed by atoms with van der Waals surface area (Å²) in [5.41, 5.74) is 3.79. The van der Waals surface area contributed by atoms with E-state index in [0.29, 0.717) is 0 Å². The normalized spacial score (nSPS) is 14.9. The van der Waals surface area contributed by atoms with E-state index in [1.165, 1.54) is 16.7 Å². The van der Waals surface area contributed by atoms with Gasteiger partial charge in [-0.05, 0) is 30.7 Å². The maximum absolute atomic E-state index is 5.57. The number of ether oxygens (including phenoxy) is 1. The number of benzene rings is 1. The molecule has 0 amide bonds. The van der Waals surface area contributed by atoms with Gasteiger partial charge in [0.25, 0.3) is 0 Å². The standard InChI is InChI=1S/C16H21N3O/c1-3-7-19-11-14(10-18-19)16(17-2)13-4-5-15-12(9-13)6-8-20-15/h4-5,9-11,16-17H,3,6-8H2,1-2H3. The van der Waals surface area contributed by atoms with E-state index in [1.807, 2.05) is 17.9 Å². The number of hydrogen-bond donors (Lipinski definition) is 1. The fourth-order valence-electron chi connectivity index (χ4n) is 2.79. The molecule has 20 heavy (non-hydrogen) atoms. The van der Waals surface area contributed by atoms with Gasteiger partial charge in [-0.1, -0.05) is 19.1 Å². The molecule has 1 N–H and O–H groups in total. The van der Waals surface area contributed by atoms with Crippen LogP contribution >= 0.6 is 0 Å². The van der Waals surface area contributed by atoms with Gasteiger partial charge < -0.3 is 10.1 Å². The summed E-state index contributed by atoms with van der Waals surface area (Å²) in [6.07, 6.45) is 6.20. The van der Waals surface area contributed by atoms with Crippen molar-refractivity contribution in [3.63, 3.8) is 0 Å². The highest BCUT2D eigenvalue weighted by atomic mass is 16.5. The highest BCUT2D eigenvalue weighted by Gasteiger charge is 2.18. The Kier molecular flexibility index (Phi) is 3.74. The molecule has 0 saturated heterocycles. The first kappa shape index (κ1) is 13.2. The number of aryl methyl sites for hydroxylation is 1. The van der Waals surface area contributed by atoms with Gasteiger partial charge in [-0.15, -0.1) is 0 Å². The van der Waals surface area contributed by atoms with Gasteiger partial charge in [-0.2, -0.15) is 5.10 Å². The number of nitrogens with zero attached hydrogens (tertiary/aromatic N) is 2. The van der Waals surface area contributed by atoms with E-state index >= 15 is 0 Å². The summed E-state index contributed by atoms with van der Waals surface area (Å²) in [6.45, 7) is 3.93. The summed E-state index contributed by atoms with van der Waals surface area (Å²) in [6, 6.07) is 6.66. The van der Waals surface area contributed by atoms with Crippen LogP contribution in [0, 0.1) is 0 Å². The maximum Gasteiger partial charge on any atom is 0.122 e. The molecule has 1 aliphatic heterocycles. The van der Waals surface area contributed by atoms with Crippen LogP contribution in [-0.2, 0) is 13.0 Å². The Bertz CT molecular complexity index is 591. The van der Waals surface area contributed by atoms with Gasteiger partial charge in [0.1, 0.15) is 5.75 Å². The summed E-state index contributed by atoms with van der Waals surface area (Å²) in [5.74, 6) is 1.03. The number of aromatic nitrogens is 2. The van der Waals surface area contributed by atoms with Crippen LogP contribution in [0.4, 0.5) is 0 Å². The lowest BCUT2D eigenvalue weighted by atomic mass is 9.99. The minimum Gasteiger partial charge on any atom is -0.493 e. The molecule has 1 aliphatic rings. The second kappa shape index (κ2) is 5.67. The number of fused-ring (bicyclic) bond motifs is 1. The minimum atomic E-state index is 0.187. The van der Waals surface area contributed by atoms with Crippen LogP contribution in [0.15, 0.2) is 30.6 Å². The Morgan fingerprint density at radius 2 is 2.30 bits per heavy atom. The molecular weight excluding hydrogens is 250 g/mol. The van der Waals surface area contributed by atoms with Gasteiger partial charge in [-0.25, -0.2) is 0 Å². The molecule has 1 aromatic heterocycles. The molecule has 0 spiro atoms. The molecule has 0 fully saturated rings. The molecule has 0 radical (unpaired) electrons. The summed E-state index contributed by atoms with van der Waals surface area (Å²) >= 11 is 0. The van der Waals surface area contributed by atoms with Crippen LogP contribution < -0.4 is 10.1 Å². The van der Waals surface area contributed by atoms with E-state index < -0.39 is 0 Å². The van der Waals surface area contributed by atoms with E-state index in [4.69, 9.17) is 4.74 Å². The Morgan fingerprint density at radius 1 is 1.40 bits per heavy atom. The summed E-state index contributed by atoms with van der Waals surface area (Å²) in [4.78, 5) is 0. The quantitative estimate of drug-likeness (QED) is 0.908. The van der Waals surface area contributed by atoms with Crippen molar-refractivity contribution >= 4 is 0 Å². The fourth-order valence-corrected chi connectivity index (χ4v) is 2.79. The zero-order valence-corrected chi connectivity index (χ0v) is 12.1. The molecule has 1 atom stereocenters. The number of rotatable bonds is 5. The Morgan fingerprint density at radius 3 is 3.10 bits per heavy atom. The van der Waals surface area contributed by atoms with Crippen LogP contribution in [0.25, 0.3) is 0 Å².